The highest BCUT2D eigenvalue weighted by Gasteiger charge is 2.32. The second-order valence-corrected chi connectivity index (χ2v) is 8.17. The number of hydrogen-bond acceptors (Lipinski definition) is 6. The fourth-order valence-electron chi connectivity index (χ4n) is 3.22. The van der Waals surface area contributed by atoms with Crippen LogP contribution in [0.1, 0.15) is 16.8 Å². The number of carbonyl (C=O) groups excluding carboxylic acids is 1. The summed E-state index contributed by atoms with van der Waals surface area (Å²) >= 11 is 1.24. The van der Waals surface area contributed by atoms with Gasteiger partial charge in [-0.1, -0.05) is 17.4 Å². The number of amides is 1. The molecule has 1 aromatic carbocycles. The number of hydrogen-bond donors (Lipinski definition) is 3. The van der Waals surface area contributed by atoms with Crippen LogP contribution in [0.4, 0.5) is 28.4 Å². The SMILES string of the molecule is N[C@@H](CNc1ncc(-c2cc3c(cc2F)NC(=O)C3)s1)Cc1ccc(C(F)(F)F)nc1. The van der Waals surface area contributed by atoms with Gasteiger partial charge >= 0.3 is 6.18 Å². The Bertz CT molecular complexity index is 1110. The van der Waals surface area contributed by atoms with Crippen molar-refractivity contribution in [3.63, 3.8) is 0 Å². The maximum Gasteiger partial charge on any atom is 0.433 e. The number of alkyl halides is 3. The molecule has 0 radical (unpaired) electrons. The van der Waals surface area contributed by atoms with E-state index in [0.717, 1.165) is 11.6 Å². The van der Waals surface area contributed by atoms with Crippen LogP contribution in [0.3, 0.4) is 0 Å². The Morgan fingerprint density at radius 2 is 2.03 bits per heavy atom. The van der Waals surface area contributed by atoms with Gasteiger partial charge in [-0.15, -0.1) is 0 Å². The molecule has 0 saturated carbocycles. The molecule has 0 bridgehead atoms. The fourth-order valence-corrected chi connectivity index (χ4v) is 4.06. The van der Waals surface area contributed by atoms with Crippen LogP contribution in [-0.4, -0.2) is 28.5 Å². The minimum absolute atomic E-state index is 0.171. The van der Waals surface area contributed by atoms with Crippen LogP contribution < -0.4 is 16.4 Å². The summed E-state index contributed by atoms with van der Waals surface area (Å²) < 4.78 is 52.2. The molecule has 0 fully saturated rings. The van der Waals surface area contributed by atoms with Crippen LogP contribution in [0, 0.1) is 5.82 Å². The first-order valence-electron chi connectivity index (χ1n) is 9.29. The molecule has 3 heterocycles. The third-order valence-electron chi connectivity index (χ3n) is 4.72. The second-order valence-electron chi connectivity index (χ2n) is 7.14. The molecule has 0 spiro atoms. The number of thiazole rings is 1. The lowest BCUT2D eigenvalue weighted by atomic mass is 10.1. The Kier molecular flexibility index (Phi) is 5.63. The van der Waals surface area contributed by atoms with Gasteiger partial charge in [-0.3, -0.25) is 9.78 Å². The summed E-state index contributed by atoms with van der Waals surface area (Å²) in [5.74, 6) is -0.627. The molecule has 0 saturated heterocycles. The highest BCUT2D eigenvalue weighted by atomic mass is 32.1. The molecular weight excluding hydrogens is 434 g/mol. The first-order chi connectivity index (χ1) is 14.7. The van der Waals surface area contributed by atoms with E-state index < -0.39 is 17.7 Å². The van der Waals surface area contributed by atoms with Gasteiger partial charge in [0, 0.05) is 36.2 Å². The Labute approximate surface area is 178 Å². The van der Waals surface area contributed by atoms with Crippen LogP contribution >= 0.6 is 11.3 Å². The summed E-state index contributed by atoms with van der Waals surface area (Å²) in [6, 6.07) is 4.84. The maximum absolute atomic E-state index is 14.4. The van der Waals surface area contributed by atoms with Crippen molar-refractivity contribution in [2.75, 3.05) is 17.2 Å². The Morgan fingerprint density at radius 3 is 2.74 bits per heavy atom. The fraction of sp³-hybridized carbons (Fsp3) is 0.250. The lowest BCUT2D eigenvalue weighted by Gasteiger charge is -2.13. The second kappa shape index (κ2) is 8.23. The van der Waals surface area contributed by atoms with Crippen molar-refractivity contribution in [1.29, 1.82) is 0 Å². The maximum atomic E-state index is 14.4. The summed E-state index contributed by atoms with van der Waals surface area (Å²) in [7, 11) is 0. The first-order valence-corrected chi connectivity index (χ1v) is 10.1. The van der Waals surface area contributed by atoms with Gasteiger partial charge in [-0.2, -0.15) is 13.2 Å². The van der Waals surface area contributed by atoms with Crippen molar-refractivity contribution in [2.24, 2.45) is 5.73 Å². The lowest BCUT2D eigenvalue weighted by Crippen LogP contribution is -2.31. The highest BCUT2D eigenvalue weighted by Crippen LogP contribution is 2.35. The van der Waals surface area contributed by atoms with E-state index in [-0.39, 0.29) is 18.4 Å². The zero-order valence-corrected chi connectivity index (χ0v) is 16.8. The molecule has 4 N–H and O–H groups in total. The number of anilines is 2. The van der Waals surface area contributed by atoms with Crippen molar-refractivity contribution in [3.05, 3.63) is 59.3 Å². The minimum Gasteiger partial charge on any atom is -0.360 e. The number of nitrogens with one attached hydrogen (secondary N) is 2. The van der Waals surface area contributed by atoms with E-state index in [1.165, 1.54) is 35.9 Å². The molecular formula is C20H17F4N5OS. The van der Waals surface area contributed by atoms with Gasteiger partial charge in [0.15, 0.2) is 5.13 Å². The highest BCUT2D eigenvalue weighted by molar-refractivity contribution is 7.18. The van der Waals surface area contributed by atoms with E-state index in [4.69, 9.17) is 5.73 Å². The lowest BCUT2D eigenvalue weighted by molar-refractivity contribution is -0.141. The number of nitrogens with two attached hydrogens (primary N) is 1. The molecule has 162 valence electrons. The van der Waals surface area contributed by atoms with E-state index >= 15 is 0 Å². The summed E-state index contributed by atoms with van der Waals surface area (Å²) in [4.78, 5) is 19.7. The molecule has 0 aliphatic carbocycles. The summed E-state index contributed by atoms with van der Waals surface area (Å²) in [5, 5.41) is 6.20. The third-order valence-corrected chi connectivity index (χ3v) is 5.71. The largest absolute Gasteiger partial charge is 0.433 e. The topological polar surface area (TPSA) is 92.9 Å². The Balaban J connectivity index is 1.36. The minimum atomic E-state index is -4.48. The molecule has 31 heavy (non-hydrogen) atoms. The van der Waals surface area contributed by atoms with Crippen LogP contribution in [0.25, 0.3) is 10.4 Å². The zero-order chi connectivity index (χ0) is 22.2. The van der Waals surface area contributed by atoms with E-state index in [9.17, 15) is 22.4 Å². The average molecular weight is 451 g/mol. The molecule has 2 aromatic heterocycles. The molecule has 1 aliphatic rings. The van der Waals surface area contributed by atoms with Gasteiger partial charge < -0.3 is 16.4 Å². The zero-order valence-electron chi connectivity index (χ0n) is 16.0. The quantitative estimate of drug-likeness (QED) is 0.496. The number of pyridine rings is 1. The predicted octanol–water partition coefficient (Wildman–Crippen LogP) is 3.84. The molecule has 0 unspecified atom stereocenters. The van der Waals surface area contributed by atoms with E-state index in [2.05, 4.69) is 20.6 Å². The molecule has 4 rings (SSSR count). The number of benzene rings is 1. The average Bonchev–Trinajstić information content (AvgIpc) is 3.30. The number of halogens is 4. The van der Waals surface area contributed by atoms with Gasteiger partial charge in [-0.25, -0.2) is 9.37 Å². The summed E-state index contributed by atoms with van der Waals surface area (Å²) in [5.41, 5.74) is 7.28. The predicted molar refractivity (Wildman–Crippen MR) is 109 cm³/mol. The molecule has 11 heteroatoms. The number of rotatable bonds is 6. The van der Waals surface area contributed by atoms with Gasteiger partial charge in [-0.05, 0) is 35.7 Å². The molecule has 1 amide bonds. The monoisotopic (exact) mass is 451 g/mol. The standard InChI is InChI=1S/C20H17F4N5OS/c21-14-6-15-11(5-18(30)29-15)4-13(14)16-9-28-19(31-16)27-8-12(25)3-10-1-2-17(26-7-10)20(22,23)24/h1-2,4,6-7,9,12H,3,5,8,25H2,(H,27,28)(H,29,30)/t12-/m1/s1. The van der Waals surface area contributed by atoms with Gasteiger partial charge in [0.2, 0.25) is 5.91 Å². The normalized spacial score (nSPS) is 14.3. The van der Waals surface area contributed by atoms with E-state index in [0.29, 0.717) is 39.8 Å². The Hall–Kier alpha value is -3.05. The first kappa shape index (κ1) is 21.2. The molecule has 6 nitrogen and oxygen atoms in total. The van der Waals surface area contributed by atoms with Gasteiger partial charge in [0.1, 0.15) is 11.5 Å². The van der Waals surface area contributed by atoms with E-state index in [1.807, 2.05) is 0 Å². The van der Waals surface area contributed by atoms with Crippen molar-refractivity contribution in [1.82, 2.24) is 9.97 Å². The van der Waals surface area contributed by atoms with Gasteiger partial charge in [0.25, 0.3) is 0 Å². The number of carbonyl (C=O) groups is 1. The molecule has 1 atom stereocenters. The number of fused-ring (bicyclic) bond motifs is 1. The number of aromatic nitrogens is 2. The van der Waals surface area contributed by atoms with Crippen molar-refractivity contribution < 1.29 is 22.4 Å². The summed E-state index contributed by atoms with van der Waals surface area (Å²) in [6.07, 6.45) is -1.24. The summed E-state index contributed by atoms with van der Waals surface area (Å²) in [6.45, 7) is 0.319. The van der Waals surface area contributed by atoms with Crippen LogP contribution in [0.15, 0.2) is 36.7 Å². The molecule has 1 aliphatic heterocycles. The van der Waals surface area contributed by atoms with Crippen molar-refractivity contribution in [2.45, 2.75) is 25.1 Å². The number of nitrogens with zero attached hydrogens (tertiary/aromatic N) is 2. The van der Waals surface area contributed by atoms with Crippen LogP contribution in [-0.2, 0) is 23.8 Å². The van der Waals surface area contributed by atoms with E-state index in [1.54, 1.807) is 6.07 Å². The Morgan fingerprint density at radius 1 is 1.23 bits per heavy atom. The van der Waals surface area contributed by atoms with Crippen molar-refractivity contribution >= 4 is 28.1 Å². The van der Waals surface area contributed by atoms with Crippen molar-refractivity contribution in [3.8, 4) is 10.4 Å². The van der Waals surface area contributed by atoms with Crippen LogP contribution in [0.2, 0.25) is 0 Å². The smallest absolute Gasteiger partial charge is 0.360 e. The van der Waals surface area contributed by atoms with Crippen LogP contribution in [0.5, 0.6) is 0 Å². The van der Waals surface area contributed by atoms with Gasteiger partial charge in [0.05, 0.1) is 11.3 Å². The third kappa shape index (κ3) is 4.83. The molecule has 3 aromatic rings.